The Bertz CT molecular complexity index is 744. The van der Waals surface area contributed by atoms with Gasteiger partial charge in [0.2, 0.25) is 0 Å². The number of carbonyl (C=O) groups is 2. The Hall–Kier alpha value is -2.69. The van der Waals surface area contributed by atoms with E-state index < -0.39 is 0 Å². The fraction of sp³-hybridized carbons (Fsp3) is 0.381. The van der Waals surface area contributed by atoms with Gasteiger partial charge < -0.3 is 10.2 Å². The Balaban J connectivity index is 1.62. The number of nitrogens with zero attached hydrogens (tertiary/aromatic N) is 2. The Labute approximate surface area is 154 Å². The maximum atomic E-state index is 12.8. The molecule has 2 heterocycles. The van der Waals surface area contributed by atoms with Crippen LogP contribution in [-0.4, -0.2) is 34.3 Å². The summed E-state index contributed by atoms with van der Waals surface area (Å²) < 4.78 is 0. The molecule has 0 spiro atoms. The molecule has 136 valence electrons. The van der Waals surface area contributed by atoms with Crippen LogP contribution in [0.3, 0.4) is 0 Å². The standard InChI is InChI=1S/C21H25N3O2/c1-2-19-7-3-4-13-24(19)21(26)18-10-8-17(9-11-18)20(25)23-15-16-6-5-12-22-14-16/h5-6,8-12,14,19H,2-4,7,13,15H2,1H3,(H,23,25). The molecule has 1 fully saturated rings. The summed E-state index contributed by atoms with van der Waals surface area (Å²) >= 11 is 0. The number of hydrogen-bond donors (Lipinski definition) is 1. The molecule has 0 bridgehead atoms. The molecule has 2 amide bonds. The molecule has 1 atom stereocenters. The van der Waals surface area contributed by atoms with Crippen LogP contribution in [0.2, 0.25) is 0 Å². The van der Waals surface area contributed by atoms with Gasteiger partial charge in [-0.15, -0.1) is 0 Å². The topological polar surface area (TPSA) is 62.3 Å². The lowest BCUT2D eigenvalue weighted by atomic mass is 9.98. The zero-order chi connectivity index (χ0) is 18.4. The van der Waals surface area contributed by atoms with Crippen molar-refractivity contribution in [1.82, 2.24) is 15.2 Å². The third-order valence-corrected chi connectivity index (χ3v) is 4.93. The minimum absolute atomic E-state index is 0.0684. The van der Waals surface area contributed by atoms with E-state index in [2.05, 4.69) is 17.2 Å². The van der Waals surface area contributed by atoms with Crippen molar-refractivity contribution in [2.24, 2.45) is 0 Å². The molecule has 1 aliphatic heterocycles. The summed E-state index contributed by atoms with van der Waals surface area (Å²) in [6, 6.07) is 11.0. The van der Waals surface area contributed by atoms with Crippen molar-refractivity contribution in [2.75, 3.05) is 6.54 Å². The number of likely N-dealkylation sites (tertiary alicyclic amines) is 1. The van der Waals surface area contributed by atoms with Gasteiger partial charge in [0.25, 0.3) is 11.8 Å². The van der Waals surface area contributed by atoms with Gasteiger partial charge in [-0.1, -0.05) is 13.0 Å². The van der Waals surface area contributed by atoms with Crippen LogP contribution in [-0.2, 0) is 6.54 Å². The fourth-order valence-corrected chi connectivity index (χ4v) is 3.41. The molecule has 0 saturated carbocycles. The Morgan fingerprint density at radius 1 is 1.15 bits per heavy atom. The zero-order valence-corrected chi connectivity index (χ0v) is 15.1. The second-order valence-electron chi connectivity index (χ2n) is 6.68. The number of amides is 2. The molecule has 0 aliphatic carbocycles. The van der Waals surface area contributed by atoms with Crippen molar-refractivity contribution in [3.63, 3.8) is 0 Å². The molecule has 1 unspecified atom stereocenters. The Morgan fingerprint density at radius 2 is 1.92 bits per heavy atom. The van der Waals surface area contributed by atoms with Crippen molar-refractivity contribution in [1.29, 1.82) is 0 Å². The van der Waals surface area contributed by atoms with E-state index in [-0.39, 0.29) is 11.8 Å². The highest BCUT2D eigenvalue weighted by Gasteiger charge is 2.26. The minimum atomic E-state index is -0.155. The van der Waals surface area contributed by atoms with Crippen LogP contribution in [0.5, 0.6) is 0 Å². The molecule has 5 nitrogen and oxygen atoms in total. The summed E-state index contributed by atoms with van der Waals surface area (Å²) in [6.07, 6.45) is 7.75. The number of nitrogens with one attached hydrogen (secondary N) is 1. The summed E-state index contributed by atoms with van der Waals surface area (Å²) in [5, 5.41) is 2.87. The van der Waals surface area contributed by atoms with Crippen LogP contribution in [0.4, 0.5) is 0 Å². The SMILES string of the molecule is CCC1CCCCN1C(=O)c1ccc(C(=O)NCc2cccnc2)cc1. The van der Waals surface area contributed by atoms with E-state index in [4.69, 9.17) is 0 Å². The van der Waals surface area contributed by atoms with Crippen molar-refractivity contribution in [3.8, 4) is 0 Å². The smallest absolute Gasteiger partial charge is 0.254 e. The molecular weight excluding hydrogens is 326 g/mol. The first kappa shape index (κ1) is 18.1. The maximum Gasteiger partial charge on any atom is 0.254 e. The van der Waals surface area contributed by atoms with E-state index in [0.717, 1.165) is 31.4 Å². The zero-order valence-electron chi connectivity index (χ0n) is 15.1. The van der Waals surface area contributed by atoms with E-state index in [0.29, 0.717) is 23.7 Å². The summed E-state index contributed by atoms with van der Waals surface area (Å²) in [6.45, 7) is 3.38. The molecule has 0 radical (unpaired) electrons. The van der Waals surface area contributed by atoms with Gasteiger partial charge in [0, 0.05) is 42.7 Å². The van der Waals surface area contributed by atoms with E-state index >= 15 is 0 Å². The van der Waals surface area contributed by atoms with Crippen LogP contribution in [0.1, 0.15) is 58.9 Å². The molecule has 3 rings (SSSR count). The number of pyridine rings is 1. The summed E-state index contributed by atoms with van der Waals surface area (Å²) in [5.74, 6) is -0.0869. The molecule has 1 saturated heterocycles. The van der Waals surface area contributed by atoms with Gasteiger partial charge in [0.05, 0.1) is 0 Å². The quantitative estimate of drug-likeness (QED) is 0.898. The van der Waals surface area contributed by atoms with Gasteiger partial charge >= 0.3 is 0 Å². The van der Waals surface area contributed by atoms with Crippen LogP contribution in [0.25, 0.3) is 0 Å². The predicted molar refractivity (Wildman–Crippen MR) is 101 cm³/mol. The molecule has 1 aliphatic rings. The lowest BCUT2D eigenvalue weighted by molar-refractivity contribution is 0.0607. The Kier molecular flexibility index (Phi) is 6.00. The Morgan fingerprint density at radius 3 is 2.62 bits per heavy atom. The van der Waals surface area contributed by atoms with E-state index in [1.165, 1.54) is 6.42 Å². The highest BCUT2D eigenvalue weighted by Crippen LogP contribution is 2.22. The second-order valence-corrected chi connectivity index (χ2v) is 6.68. The summed E-state index contributed by atoms with van der Waals surface area (Å²) in [4.78, 5) is 31.1. The molecule has 26 heavy (non-hydrogen) atoms. The molecule has 1 aromatic heterocycles. The first-order valence-corrected chi connectivity index (χ1v) is 9.27. The van der Waals surface area contributed by atoms with Crippen molar-refractivity contribution < 1.29 is 9.59 Å². The average Bonchev–Trinajstić information content (AvgIpc) is 2.72. The lowest BCUT2D eigenvalue weighted by Gasteiger charge is -2.35. The molecule has 1 aromatic carbocycles. The minimum Gasteiger partial charge on any atom is -0.348 e. The number of rotatable bonds is 5. The van der Waals surface area contributed by atoms with Crippen LogP contribution < -0.4 is 5.32 Å². The second kappa shape index (κ2) is 8.61. The van der Waals surface area contributed by atoms with Gasteiger partial charge in [-0.2, -0.15) is 0 Å². The van der Waals surface area contributed by atoms with E-state index in [1.807, 2.05) is 17.0 Å². The van der Waals surface area contributed by atoms with Gasteiger partial charge in [0.15, 0.2) is 0 Å². The third-order valence-electron chi connectivity index (χ3n) is 4.93. The van der Waals surface area contributed by atoms with E-state index in [1.54, 1.807) is 36.7 Å². The highest BCUT2D eigenvalue weighted by atomic mass is 16.2. The summed E-state index contributed by atoms with van der Waals surface area (Å²) in [5.41, 5.74) is 2.15. The number of aromatic nitrogens is 1. The predicted octanol–water partition coefficient (Wildman–Crippen LogP) is 3.42. The number of hydrogen-bond acceptors (Lipinski definition) is 3. The monoisotopic (exact) mass is 351 g/mol. The van der Waals surface area contributed by atoms with Gasteiger partial charge in [0.1, 0.15) is 0 Å². The maximum absolute atomic E-state index is 12.8. The highest BCUT2D eigenvalue weighted by molar-refractivity contribution is 5.98. The van der Waals surface area contributed by atoms with Gasteiger partial charge in [-0.3, -0.25) is 14.6 Å². The van der Waals surface area contributed by atoms with Gasteiger partial charge in [-0.05, 0) is 61.6 Å². The molecular formula is C21H25N3O2. The van der Waals surface area contributed by atoms with Crippen LogP contribution in [0.15, 0.2) is 48.8 Å². The third kappa shape index (κ3) is 4.28. The van der Waals surface area contributed by atoms with E-state index in [9.17, 15) is 9.59 Å². The summed E-state index contributed by atoms with van der Waals surface area (Å²) in [7, 11) is 0. The average molecular weight is 351 g/mol. The van der Waals surface area contributed by atoms with Crippen LogP contribution >= 0.6 is 0 Å². The first-order valence-electron chi connectivity index (χ1n) is 9.27. The lowest BCUT2D eigenvalue weighted by Crippen LogP contribution is -2.43. The number of carbonyl (C=O) groups excluding carboxylic acids is 2. The fourth-order valence-electron chi connectivity index (χ4n) is 3.41. The number of benzene rings is 1. The molecule has 2 aromatic rings. The van der Waals surface area contributed by atoms with Gasteiger partial charge in [-0.25, -0.2) is 0 Å². The first-order chi connectivity index (χ1) is 12.7. The normalized spacial score (nSPS) is 17.0. The molecule has 1 N–H and O–H groups in total. The van der Waals surface area contributed by atoms with Crippen LogP contribution in [0, 0.1) is 0 Å². The molecule has 5 heteroatoms. The largest absolute Gasteiger partial charge is 0.348 e. The number of piperidine rings is 1. The van der Waals surface area contributed by atoms with Crippen molar-refractivity contribution >= 4 is 11.8 Å². The van der Waals surface area contributed by atoms with Crippen molar-refractivity contribution in [3.05, 3.63) is 65.5 Å². The van der Waals surface area contributed by atoms with Crippen molar-refractivity contribution in [2.45, 2.75) is 45.2 Å².